The Bertz CT molecular complexity index is 721. The highest BCUT2D eigenvalue weighted by atomic mass is 32.2. The molecule has 0 bridgehead atoms. The maximum Gasteiger partial charge on any atom is 0.251 e. The molecule has 3 nitrogen and oxygen atoms in total. The van der Waals surface area contributed by atoms with Gasteiger partial charge in [0.25, 0.3) is 5.91 Å². The maximum atomic E-state index is 12.5. The summed E-state index contributed by atoms with van der Waals surface area (Å²) < 4.78 is 0. The number of hydrogen-bond acceptors (Lipinski definition) is 3. The zero-order valence-corrected chi connectivity index (χ0v) is 16.5. The highest BCUT2D eigenvalue weighted by molar-refractivity contribution is 7.99. The van der Waals surface area contributed by atoms with Gasteiger partial charge in [0.1, 0.15) is 0 Å². The number of likely N-dealkylation sites (tertiary alicyclic amines) is 1. The SMILES string of the molecule is CC(C)Sc1ccc(C(=O)NCc2ccccc2CN2CCCC2)cc1. The highest BCUT2D eigenvalue weighted by Gasteiger charge is 2.14. The molecule has 0 atom stereocenters. The van der Waals surface area contributed by atoms with Crippen molar-refractivity contribution in [3.05, 3.63) is 65.2 Å². The van der Waals surface area contributed by atoms with Gasteiger partial charge in [0.05, 0.1) is 0 Å². The third-order valence-electron chi connectivity index (χ3n) is 4.64. The van der Waals surface area contributed by atoms with Crippen molar-refractivity contribution in [3.63, 3.8) is 0 Å². The number of rotatable bonds is 7. The molecule has 3 rings (SSSR count). The van der Waals surface area contributed by atoms with E-state index < -0.39 is 0 Å². The molecule has 1 aliphatic rings. The topological polar surface area (TPSA) is 32.3 Å². The van der Waals surface area contributed by atoms with Crippen molar-refractivity contribution in [3.8, 4) is 0 Å². The van der Waals surface area contributed by atoms with E-state index in [4.69, 9.17) is 0 Å². The molecule has 4 heteroatoms. The molecule has 26 heavy (non-hydrogen) atoms. The molecule has 0 radical (unpaired) electrons. The molecule has 1 heterocycles. The van der Waals surface area contributed by atoms with Gasteiger partial charge in [0, 0.05) is 28.8 Å². The molecular weight excluding hydrogens is 340 g/mol. The van der Waals surface area contributed by atoms with E-state index in [1.807, 2.05) is 42.1 Å². The zero-order valence-electron chi connectivity index (χ0n) is 15.7. The Balaban J connectivity index is 1.59. The second-order valence-corrected chi connectivity index (χ2v) is 8.78. The molecule has 1 amide bonds. The molecule has 138 valence electrons. The second-order valence-electron chi connectivity index (χ2n) is 7.13. The largest absolute Gasteiger partial charge is 0.348 e. The Kier molecular flexibility index (Phi) is 6.75. The first kappa shape index (κ1) is 19.0. The van der Waals surface area contributed by atoms with Crippen LogP contribution in [0.4, 0.5) is 0 Å². The Labute approximate surface area is 161 Å². The lowest BCUT2D eigenvalue weighted by atomic mass is 10.1. The van der Waals surface area contributed by atoms with Crippen LogP contribution in [0.25, 0.3) is 0 Å². The summed E-state index contributed by atoms with van der Waals surface area (Å²) in [7, 11) is 0. The molecule has 0 aliphatic carbocycles. The summed E-state index contributed by atoms with van der Waals surface area (Å²) in [6, 6.07) is 16.3. The third-order valence-corrected chi connectivity index (χ3v) is 5.65. The minimum atomic E-state index is -0.0120. The van der Waals surface area contributed by atoms with E-state index in [1.165, 1.54) is 42.0 Å². The van der Waals surface area contributed by atoms with Gasteiger partial charge in [-0.05, 0) is 61.3 Å². The van der Waals surface area contributed by atoms with Crippen LogP contribution in [0.3, 0.4) is 0 Å². The molecule has 1 N–H and O–H groups in total. The molecule has 1 fully saturated rings. The van der Waals surface area contributed by atoms with Crippen molar-refractivity contribution in [1.82, 2.24) is 10.2 Å². The van der Waals surface area contributed by atoms with Gasteiger partial charge in [-0.25, -0.2) is 0 Å². The molecule has 0 saturated carbocycles. The van der Waals surface area contributed by atoms with Crippen molar-refractivity contribution < 1.29 is 4.79 Å². The smallest absolute Gasteiger partial charge is 0.251 e. The molecule has 0 unspecified atom stereocenters. The quantitative estimate of drug-likeness (QED) is 0.718. The normalized spacial score (nSPS) is 14.7. The Morgan fingerprint density at radius 3 is 2.35 bits per heavy atom. The summed E-state index contributed by atoms with van der Waals surface area (Å²) >= 11 is 1.81. The van der Waals surface area contributed by atoms with Crippen LogP contribution in [0.5, 0.6) is 0 Å². The molecular formula is C22H28N2OS. The minimum absolute atomic E-state index is 0.0120. The van der Waals surface area contributed by atoms with Crippen LogP contribution in [-0.2, 0) is 13.1 Å². The number of thioether (sulfide) groups is 1. The van der Waals surface area contributed by atoms with Crippen LogP contribution in [0, 0.1) is 0 Å². The van der Waals surface area contributed by atoms with E-state index in [0.29, 0.717) is 11.8 Å². The fourth-order valence-corrected chi connectivity index (χ4v) is 4.14. The van der Waals surface area contributed by atoms with Crippen molar-refractivity contribution in [2.24, 2.45) is 0 Å². The molecule has 2 aromatic rings. The number of amides is 1. The van der Waals surface area contributed by atoms with Gasteiger partial charge < -0.3 is 5.32 Å². The lowest BCUT2D eigenvalue weighted by molar-refractivity contribution is 0.0950. The summed E-state index contributed by atoms with van der Waals surface area (Å²) in [4.78, 5) is 16.2. The summed E-state index contributed by atoms with van der Waals surface area (Å²) in [5.74, 6) is -0.0120. The highest BCUT2D eigenvalue weighted by Crippen LogP contribution is 2.23. The van der Waals surface area contributed by atoms with Crippen LogP contribution in [-0.4, -0.2) is 29.1 Å². The Morgan fingerprint density at radius 1 is 1.04 bits per heavy atom. The van der Waals surface area contributed by atoms with Crippen LogP contribution in [0.2, 0.25) is 0 Å². The van der Waals surface area contributed by atoms with Gasteiger partial charge >= 0.3 is 0 Å². The molecule has 0 aromatic heterocycles. The third kappa shape index (κ3) is 5.36. The predicted octanol–water partition coefficient (Wildman–Crippen LogP) is 4.71. The number of nitrogens with zero attached hydrogens (tertiary/aromatic N) is 1. The van der Waals surface area contributed by atoms with Gasteiger partial charge in [-0.1, -0.05) is 38.1 Å². The Morgan fingerprint density at radius 2 is 1.69 bits per heavy atom. The second kappa shape index (κ2) is 9.24. The van der Waals surface area contributed by atoms with Crippen molar-refractivity contribution in [1.29, 1.82) is 0 Å². The van der Waals surface area contributed by atoms with Crippen molar-refractivity contribution in [2.45, 2.75) is 49.9 Å². The number of hydrogen-bond donors (Lipinski definition) is 1. The van der Waals surface area contributed by atoms with Crippen LogP contribution in [0.1, 0.15) is 48.2 Å². The first-order valence-electron chi connectivity index (χ1n) is 9.46. The average Bonchev–Trinajstić information content (AvgIpc) is 3.14. The van der Waals surface area contributed by atoms with E-state index in [0.717, 1.165) is 12.1 Å². The molecule has 1 aliphatic heterocycles. The summed E-state index contributed by atoms with van der Waals surface area (Å²) in [6.07, 6.45) is 2.59. The average molecular weight is 369 g/mol. The van der Waals surface area contributed by atoms with Gasteiger partial charge in [0.2, 0.25) is 0 Å². The fraction of sp³-hybridized carbons (Fsp3) is 0.409. The van der Waals surface area contributed by atoms with Gasteiger partial charge in [-0.2, -0.15) is 0 Å². The van der Waals surface area contributed by atoms with Crippen LogP contribution < -0.4 is 5.32 Å². The molecule has 2 aromatic carbocycles. The molecule has 1 saturated heterocycles. The number of carbonyl (C=O) groups excluding carboxylic acids is 1. The van der Waals surface area contributed by atoms with E-state index >= 15 is 0 Å². The van der Waals surface area contributed by atoms with E-state index in [9.17, 15) is 4.79 Å². The van der Waals surface area contributed by atoms with E-state index in [2.05, 4.69) is 42.3 Å². The van der Waals surface area contributed by atoms with Gasteiger partial charge in [-0.3, -0.25) is 9.69 Å². The van der Waals surface area contributed by atoms with Crippen molar-refractivity contribution >= 4 is 17.7 Å². The molecule has 0 spiro atoms. The Hall–Kier alpha value is -1.78. The standard InChI is InChI=1S/C22H28N2OS/c1-17(2)26-21-11-9-18(10-12-21)22(25)23-15-19-7-3-4-8-20(19)16-24-13-5-6-14-24/h3-4,7-12,17H,5-6,13-16H2,1-2H3,(H,23,25). The fourth-order valence-electron chi connectivity index (χ4n) is 3.30. The van der Waals surface area contributed by atoms with E-state index in [-0.39, 0.29) is 5.91 Å². The zero-order chi connectivity index (χ0) is 18.4. The number of benzene rings is 2. The first-order valence-corrected chi connectivity index (χ1v) is 10.3. The van der Waals surface area contributed by atoms with Crippen LogP contribution in [0.15, 0.2) is 53.4 Å². The predicted molar refractivity (Wildman–Crippen MR) is 110 cm³/mol. The summed E-state index contributed by atoms with van der Waals surface area (Å²) in [5.41, 5.74) is 3.24. The number of nitrogens with one attached hydrogen (secondary N) is 1. The summed E-state index contributed by atoms with van der Waals surface area (Å²) in [6.45, 7) is 8.26. The van der Waals surface area contributed by atoms with Crippen molar-refractivity contribution in [2.75, 3.05) is 13.1 Å². The number of carbonyl (C=O) groups is 1. The van der Waals surface area contributed by atoms with Gasteiger partial charge in [-0.15, -0.1) is 11.8 Å². The maximum absolute atomic E-state index is 12.5. The summed E-state index contributed by atoms with van der Waals surface area (Å²) in [5, 5.41) is 3.62. The lowest BCUT2D eigenvalue weighted by Crippen LogP contribution is -2.25. The van der Waals surface area contributed by atoms with E-state index in [1.54, 1.807) is 0 Å². The first-order chi connectivity index (χ1) is 12.6. The minimum Gasteiger partial charge on any atom is -0.348 e. The van der Waals surface area contributed by atoms with Gasteiger partial charge in [0.15, 0.2) is 0 Å². The van der Waals surface area contributed by atoms with Crippen LogP contribution >= 0.6 is 11.8 Å². The monoisotopic (exact) mass is 368 g/mol. The lowest BCUT2D eigenvalue weighted by Gasteiger charge is -2.17.